The fourth-order valence-electron chi connectivity index (χ4n) is 1.92. The van der Waals surface area contributed by atoms with Crippen molar-refractivity contribution in [3.63, 3.8) is 0 Å². The van der Waals surface area contributed by atoms with Crippen molar-refractivity contribution in [3.05, 3.63) is 28.8 Å². The Morgan fingerprint density at radius 2 is 0.909 bits per heavy atom. The fraction of sp³-hybridized carbons (Fsp3) is 0.600. The summed E-state index contributed by atoms with van der Waals surface area (Å²) in [6.45, 7) is 14.9. The number of aromatic hydroxyl groups is 1. The Hall–Kier alpha value is 1.16. The quantitative estimate of drug-likeness (QED) is 0.323. The van der Waals surface area contributed by atoms with E-state index in [2.05, 4.69) is 60.6 Å². The van der Waals surface area contributed by atoms with Crippen molar-refractivity contribution in [3.8, 4) is 5.75 Å². The summed E-state index contributed by atoms with van der Waals surface area (Å²) >= 11 is 0. The van der Waals surface area contributed by atoms with Gasteiger partial charge < -0.3 is 67.1 Å². The molecule has 0 bridgehead atoms. The molecule has 0 heterocycles. The van der Waals surface area contributed by atoms with E-state index in [0.717, 1.165) is 11.1 Å². The van der Waals surface area contributed by atoms with Crippen LogP contribution in [-0.2, 0) is 31.9 Å². The molecule has 22 heavy (non-hydrogen) atoms. The molecule has 1 aromatic carbocycles. The van der Waals surface area contributed by atoms with Crippen LogP contribution in [0.15, 0.2) is 12.1 Å². The van der Waals surface area contributed by atoms with Gasteiger partial charge in [0, 0.05) is 21.1 Å². The number of halogens is 5. The average Bonchev–Trinajstić information content (AvgIpc) is 2.04. The van der Waals surface area contributed by atoms with Gasteiger partial charge in [0.25, 0.3) is 0 Å². The summed E-state index contributed by atoms with van der Waals surface area (Å²) in [7, 11) is 0. The van der Waals surface area contributed by atoms with Crippen LogP contribution in [0.25, 0.3) is 0 Å². The molecule has 0 unspecified atom stereocenters. The molecule has 0 aliphatic carbocycles. The topological polar surface area (TPSA) is 20.2 Å². The second-order valence-corrected chi connectivity index (χ2v) is 6.71. The van der Waals surface area contributed by atoms with Crippen molar-refractivity contribution in [2.24, 2.45) is 0 Å². The molecule has 136 valence electrons. The van der Waals surface area contributed by atoms with E-state index in [9.17, 15) is 5.11 Å². The van der Waals surface area contributed by atoms with E-state index in [-0.39, 0.29) is 93.9 Å². The molecule has 1 aromatic rings. The van der Waals surface area contributed by atoms with Crippen molar-refractivity contribution in [1.82, 2.24) is 0 Å². The first-order valence-electron chi connectivity index (χ1n) is 5.88. The van der Waals surface area contributed by atoms with Gasteiger partial charge in [0.1, 0.15) is 5.75 Å². The number of aryl methyl sites for hydroxylation is 1. The van der Waals surface area contributed by atoms with Crippen molar-refractivity contribution in [1.29, 1.82) is 0 Å². The van der Waals surface area contributed by atoms with Crippen LogP contribution in [-0.4, -0.2) is 5.11 Å². The van der Waals surface area contributed by atoms with Crippen LogP contribution in [0.2, 0.25) is 0 Å². The fourth-order valence-corrected chi connectivity index (χ4v) is 1.92. The summed E-state index contributed by atoms with van der Waals surface area (Å²) in [5.74, 6) is 0.464. The molecule has 0 atom stereocenters. The molecule has 0 saturated heterocycles. The Labute approximate surface area is 181 Å². The normalized spacial score (nSPS) is 9.41. The average molecular weight is 581 g/mol. The number of rotatable bonds is 0. The van der Waals surface area contributed by atoms with Crippen molar-refractivity contribution < 1.29 is 88.2 Å². The standard InChI is InChI=1S/C15H24O.5ClH.W/c1-10-8-11(14(2,3)4)13(16)12(9-10)15(5,6)7;;;;;;/h8-9,16H,1-7H3;5*1H;/p-5. The second-order valence-electron chi connectivity index (χ2n) is 6.71. The molecule has 1 N–H and O–H groups in total. The van der Waals surface area contributed by atoms with Gasteiger partial charge in [-0.3, -0.25) is 0 Å². The van der Waals surface area contributed by atoms with E-state index < -0.39 is 0 Å². The summed E-state index contributed by atoms with van der Waals surface area (Å²) in [6.07, 6.45) is 0. The minimum atomic E-state index is -0.0178. The first kappa shape index (κ1) is 38.6. The van der Waals surface area contributed by atoms with Crippen LogP contribution < -0.4 is 62.0 Å². The Morgan fingerprint density at radius 1 is 0.682 bits per heavy atom. The third kappa shape index (κ3) is 10.1. The minimum absolute atomic E-state index is 0. The van der Waals surface area contributed by atoms with Crippen LogP contribution in [0.1, 0.15) is 58.2 Å². The number of hydrogen-bond donors (Lipinski definition) is 1. The third-order valence-electron chi connectivity index (χ3n) is 2.87. The predicted octanol–water partition coefficient (Wildman–Crippen LogP) is -10.7. The molecular formula is C15H24Cl5OW-5. The molecule has 0 spiro atoms. The van der Waals surface area contributed by atoms with Crippen LogP contribution in [0, 0.1) is 6.92 Å². The molecule has 0 saturated carbocycles. The monoisotopic (exact) mass is 579 g/mol. The smallest absolute Gasteiger partial charge is 0.123 e. The van der Waals surface area contributed by atoms with Gasteiger partial charge in [-0.25, -0.2) is 0 Å². The van der Waals surface area contributed by atoms with Gasteiger partial charge in [0.05, 0.1) is 0 Å². The molecule has 0 aliphatic rings. The van der Waals surface area contributed by atoms with E-state index in [1.165, 1.54) is 5.56 Å². The molecule has 1 nitrogen and oxygen atoms in total. The Balaban J connectivity index is -0.000000107. The van der Waals surface area contributed by atoms with Gasteiger partial charge in [0.2, 0.25) is 0 Å². The Kier molecular flexibility index (Phi) is 23.6. The van der Waals surface area contributed by atoms with Crippen LogP contribution in [0.4, 0.5) is 0 Å². The summed E-state index contributed by atoms with van der Waals surface area (Å²) < 4.78 is 0. The van der Waals surface area contributed by atoms with Crippen LogP contribution in [0.3, 0.4) is 0 Å². The maximum Gasteiger partial charge on any atom is 0.123 e. The third-order valence-corrected chi connectivity index (χ3v) is 2.87. The van der Waals surface area contributed by atoms with Gasteiger partial charge in [0.15, 0.2) is 0 Å². The van der Waals surface area contributed by atoms with Crippen LogP contribution in [0.5, 0.6) is 5.75 Å². The first-order valence-corrected chi connectivity index (χ1v) is 5.88. The summed E-state index contributed by atoms with van der Waals surface area (Å²) in [5.41, 5.74) is 3.26. The molecular weight excluding hydrogens is 557 g/mol. The zero-order chi connectivity index (χ0) is 12.7. The number of hydrogen-bond acceptors (Lipinski definition) is 1. The van der Waals surface area contributed by atoms with Gasteiger partial charge in [-0.05, 0) is 28.9 Å². The maximum absolute atomic E-state index is 10.4. The molecule has 1 rings (SSSR count). The summed E-state index contributed by atoms with van der Waals surface area (Å²) in [4.78, 5) is 0. The molecule has 7 heteroatoms. The van der Waals surface area contributed by atoms with Gasteiger partial charge in [-0.2, -0.15) is 0 Å². The second kappa shape index (κ2) is 13.4. The zero-order valence-electron chi connectivity index (χ0n) is 13.9. The van der Waals surface area contributed by atoms with Crippen molar-refractivity contribution in [2.75, 3.05) is 0 Å². The SMILES string of the molecule is Cc1cc(C(C)(C)C)c(O)c(C(C)(C)C)c1.[Cl-].[Cl-].[Cl-].[Cl-].[Cl-].[W]. The number of phenolic OH excluding ortho intramolecular Hbond substituents is 1. The first-order chi connectivity index (χ1) is 7.03. The van der Waals surface area contributed by atoms with Gasteiger partial charge in [-0.15, -0.1) is 0 Å². The molecule has 0 fully saturated rings. The number of phenols is 1. The van der Waals surface area contributed by atoms with Crippen molar-refractivity contribution in [2.45, 2.75) is 59.3 Å². The molecule has 0 radical (unpaired) electrons. The van der Waals surface area contributed by atoms with E-state index in [1.54, 1.807) is 0 Å². The largest absolute Gasteiger partial charge is 1.00 e. The van der Waals surface area contributed by atoms with E-state index >= 15 is 0 Å². The Bertz CT molecular complexity index is 376. The Morgan fingerprint density at radius 3 is 1.09 bits per heavy atom. The van der Waals surface area contributed by atoms with Gasteiger partial charge in [-0.1, -0.05) is 59.2 Å². The zero-order valence-corrected chi connectivity index (χ0v) is 20.6. The van der Waals surface area contributed by atoms with Crippen molar-refractivity contribution >= 4 is 0 Å². The maximum atomic E-state index is 10.4. The molecule has 0 aliphatic heterocycles. The summed E-state index contributed by atoms with van der Waals surface area (Å²) in [6, 6.07) is 4.18. The van der Waals surface area contributed by atoms with Crippen LogP contribution >= 0.6 is 0 Å². The van der Waals surface area contributed by atoms with Gasteiger partial charge >= 0.3 is 0 Å². The van der Waals surface area contributed by atoms with E-state index in [0.29, 0.717) is 5.75 Å². The van der Waals surface area contributed by atoms with E-state index in [1.807, 2.05) is 0 Å². The molecule has 0 amide bonds. The molecule has 0 aromatic heterocycles. The minimum Gasteiger partial charge on any atom is -1.00 e. The summed E-state index contributed by atoms with van der Waals surface area (Å²) in [5, 5.41) is 10.4. The predicted molar refractivity (Wildman–Crippen MR) is 70.2 cm³/mol. The number of benzene rings is 1. The van der Waals surface area contributed by atoms with E-state index in [4.69, 9.17) is 0 Å².